The zero-order chi connectivity index (χ0) is 20.0. The predicted molar refractivity (Wildman–Crippen MR) is 92.4 cm³/mol. The first kappa shape index (κ1) is 20.3. The van der Waals surface area contributed by atoms with Gasteiger partial charge in [-0.3, -0.25) is 9.59 Å². The molecule has 0 aliphatic rings. The molecule has 27 heavy (non-hydrogen) atoms. The molecular formula is C19H18F3NO4. The van der Waals surface area contributed by atoms with Gasteiger partial charge in [0, 0.05) is 12.1 Å². The molecule has 0 saturated carbocycles. The highest BCUT2D eigenvalue weighted by Gasteiger charge is 2.31. The Hall–Kier alpha value is -3.03. The lowest BCUT2D eigenvalue weighted by atomic mass is 9.95. The van der Waals surface area contributed by atoms with Crippen molar-refractivity contribution in [2.75, 3.05) is 5.32 Å². The second-order valence-electron chi connectivity index (χ2n) is 6.05. The Balaban J connectivity index is 1.95. The number of carboxylic acid groups (broad SMARTS) is 1. The van der Waals surface area contributed by atoms with Crippen LogP contribution in [-0.2, 0) is 16.0 Å². The van der Waals surface area contributed by atoms with Crippen LogP contribution < -0.4 is 10.1 Å². The highest BCUT2D eigenvalue weighted by atomic mass is 19.4. The molecule has 8 heteroatoms. The van der Waals surface area contributed by atoms with Crippen LogP contribution in [0.2, 0.25) is 0 Å². The Labute approximate surface area is 153 Å². The number of benzene rings is 2. The summed E-state index contributed by atoms with van der Waals surface area (Å²) < 4.78 is 40.1. The molecule has 1 unspecified atom stereocenters. The summed E-state index contributed by atoms with van der Waals surface area (Å²) in [4.78, 5) is 23.5. The smallest absolute Gasteiger partial charge is 0.481 e. The number of alkyl halides is 3. The number of anilines is 1. The number of carboxylic acids is 1. The third-order valence-electron chi connectivity index (χ3n) is 3.76. The summed E-state index contributed by atoms with van der Waals surface area (Å²) in [5.74, 6) is -2.97. The van der Waals surface area contributed by atoms with E-state index in [0.29, 0.717) is 0 Å². The Morgan fingerprint density at radius 2 is 1.67 bits per heavy atom. The molecule has 2 aromatic carbocycles. The Kier molecular flexibility index (Phi) is 6.44. The molecule has 0 heterocycles. The van der Waals surface area contributed by atoms with E-state index >= 15 is 0 Å². The number of rotatable bonds is 7. The molecule has 2 aromatic rings. The zero-order valence-corrected chi connectivity index (χ0v) is 14.4. The molecule has 1 amide bonds. The van der Waals surface area contributed by atoms with Gasteiger partial charge in [0.1, 0.15) is 5.75 Å². The molecule has 0 bridgehead atoms. The average Bonchev–Trinajstić information content (AvgIpc) is 2.56. The maximum Gasteiger partial charge on any atom is 0.573 e. The molecule has 144 valence electrons. The number of aryl methyl sites for hydroxylation is 1. The van der Waals surface area contributed by atoms with Crippen molar-refractivity contribution in [3.8, 4) is 5.75 Å². The van der Waals surface area contributed by atoms with Crippen molar-refractivity contribution in [2.45, 2.75) is 26.1 Å². The number of halogens is 3. The molecule has 0 spiro atoms. The van der Waals surface area contributed by atoms with E-state index in [1.807, 2.05) is 31.2 Å². The fraction of sp³-hybridized carbons (Fsp3) is 0.263. The molecule has 5 nitrogen and oxygen atoms in total. The Morgan fingerprint density at radius 3 is 2.19 bits per heavy atom. The van der Waals surface area contributed by atoms with Crippen LogP contribution in [0.1, 0.15) is 17.5 Å². The maximum absolute atomic E-state index is 12.1. The lowest BCUT2D eigenvalue weighted by Crippen LogP contribution is -2.24. The van der Waals surface area contributed by atoms with Gasteiger partial charge in [-0.2, -0.15) is 0 Å². The van der Waals surface area contributed by atoms with Gasteiger partial charge < -0.3 is 15.2 Å². The number of aliphatic carboxylic acids is 1. The van der Waals surface area contributed by atoms with Crippen LogP contribution in [0.3, 0.4) is 0 Å². The van der Waals surface area contributed by atoms with Crippen LogP contribution in [-0.4, -0.2) is 23.3 Å². The van der Waals surface area contributed by atoms with Crippen molar-refractivity contribution >= 4 is 17.6 Å². The second kappa shape index (κ2) is 8.57. The molecule has 1 atom stereocenters. The maximum atomic E-state index is 12.1. The summed E-state index contributed by atoms with van der Waals surface area (Å²) in [6.07, 6.45) is -4.86. The van der Waals surface area contributed by atoms with Crippen molar-refractivity contribution in [3.63, 3.8) is 0 Å². The lowest BCUT2D eigenvalue weighted by Gasteiger charge is -2.13. The largest absolute Gasteiger partial charge is 0.573 e. The van der Waals surface area contributed by atoms with Gasteiger partial charge >= 0.3 is 12.3 Å². The fourth-order valence-electron chi connectivity index (χ4n) is 2.43. The van der Waals surface area contributed by atoms with Gasteiger partial charge in [-0.1, -0.05) is 29.8 Å². The van der Waals surface area contributed by atoms with Crippen molar-refractivity contribution < 1.29 is 32.6 Å². The number of ether oxygens (including phenoxy) is 1. The van der Waals surface area contributed by atoms with Gasteiger partial charge in [0.05, 0.1) is 5.92 Å². The number of nitrogens with one attached hydrogen (secondary N) is 1. The van der Waals surface area contributed by atoms with E-state index in [1.165, 1.54) is 12.1 Å². The summed E-state index contributed by atoms with van der Waals surface area (Å²) in [5, 5.41) is 11.8. The first-order valence-corrected chi connectivity index (χ1v) is 8.06. The minimum absolute atomic E-state index is 0.196. The molecule has 0 aliphatic heterocycles. The van der Waals surface area contributed by atoms with Gasteiger partial charge in [-0.25, -0.2) is 0 Å². The molecule has 0 aliphatic carbocycles. The molecule has 0 aromatic heterocycles. The SMILES string of the molecule is Cc1ccc(CC(CC(=O)Nc2ccc(OC(F)(F)F)cc2)C(=O)O)cc1. The van der Waals surface area contributed by atoms with Gasteiger partial charge in [-0.05, 0) is 43.2 Å². The van der Waals surface area contributed by atoms with Crippen LogP contribution in [0.25, 0.3) is 0 Å². The summed E-state index contributed by atoms with van der Waals surface area (Å²) in [7, 11) is 0. The minimum atomic E-state index is -4.80. The van der Waals surface area contributed by atoms with Crippen LogP contribution in [0, 0.1) is 12.8 Å². The van der Waals surface area contributed by atoms with E-state index in [1.54, 1.807) is 0 Å². The van der Waals surface area contributed by atoms with Crippen molar-refractivity contribution in [2.24, 2.45) is 5.92 Å². The van der Waals surface area contributed by atoms with E-state index < -0.39 is 29.9 Å². The summed E-state index contributed by atoms with van der Waals surface area (Å²) in [6.45, 7) is 1.91. The number of carbonyl (C=O) groups is 2. The van der Waals surface area contributed by atoms with Gasteiger partial charge in [0.25, 0.3) is 0 Å². The van der Waals surface area contributed by atoms with E-state index in [9.17, 15) is 27.9 Å². The molecule has 0 saturated heterocycles. The first-order chi connectivity index (χ1) is 12.6. The van der Waals surface area contributed by atoms with Crippen LogP contribution >= 0.6 is 0 Å². The Morgan fingerprint density at radius 1 is 1.07 bits per heavy atom. The van der Waals surface area contributed by atoms with E-state index in [2.05, 4.69) is 10.1 Å². The number of hydrogen-bond acceptors (Lipinski definition) is 3. The van der Waals surface area contributed by atoms with E-state index in [-0.39, 0.29) is 18.5 Å². The summed E-state index contributed by atoms with van der Waals surface area (Å²) >= 11 is 0. The minimum Gasteiger partial charge on any atom is -0.481 e. The summed E-state index contributed by atoms with van der Waals surface area (Å²) in [5.41, 5.74) is 2.09. The summed E-state index contributed by atoms with van der Waals surface area (Å²) in [6, 6.07) is 11.9. The fourth-order valence-corrected chi connectivity index (χ4v) is 2.43. The lowest BCUT2D eigenvalue weighted by molar-refractivity contribution is -0.274. The van der Waals surface area contributed by atoms with Gasteiger partial charge in [0.2, 0.25) is 5.91 Å². The van der Waals surface area contributed by atoms with E-state index in [4.69, 9.17) is 0 Å². The molecule has 2 N–H and O–H groups in total. The van der Waals surface area contributed by atoms with E-state index in [0.717, 1.165) is 23.3 Å². The highest BCUT2D eigenvalue weighted by Crippen LogP contribution is 2.24. The highest BCUT2D eigenvalue weighted by molar-refractivity contribution is 5.93. The molecule has 2 rings (SSSR count). The topological polar surface area (TPSA) is 75.6 Å². The average molecular weight is 381 g/mol. The second-order valence-corrected chi connectivity index (χ2v) is 6.05. The number of hydrogen-bond donors (Lipinski definition) is 2. The number of carbonyl (C=O) groups excluding carboxylic acids is 1. The Bertz CT molecular complexity index is 786. The predicted octanol–water partition coefficient (Wildman–Crippen LogP) is 4.17. The van der Waals surface area contributed by atoms with Crippen molar-refractivity contribution in [3.05, 3.63) is 59.7 Å². The normalized spacial score (nSPS) is 12.3. The quantitative estimate of drug-likeness (QED) is 0.755. The third kappa shape index (κ3) is 7.01. The zero-order valence-electron chi connectivity index (χ0n) is 14.4. The van der Waals surface area contributed by atoms with Gasteiger partial charge in [-0.15, -0.1) is 13.2 Å². The van der Waals surface area contributed by atoms with Crippen LogP contribution in [0.15, 0.2) is 48.5 Å². The van der Waals surface area contributed by atoms with Gasteiger partial charge in [0.15, 0.2) is 0 Å². The van der Waals surface area contributed by atoms with Crippen molar-refractivity contribution in [1.82, 2.24) is 0 Å². The molecule has 0 radical (unpaired) electrons. The standard InChI is InChI=1S/C19H18F3NO4/c1-12-2-4-13(5-3-12)10-14(18(25)26)11-17(24)23-15-6-8-16(9-7-15)27-19(20,21)22/h2-9,14H,10-11H2,1H3,(H,23,24)(H,25,26). The van der Waals surface area contributed by atoms with Crippen LogP contribution in [0.5, 0.6) is 5.75 Å². The molecular weight excluding hydrogens is 363 g/mol. The number of amides is 1. The monoisotopic (exact) mass is 381 g/mol. The first-order valence-electron chi connectivity index (χ1n) is 8.06. The molecule has 0 fully saturated rings. The van der Waals surface area contributed by atoms with Crippen LogP contribution in [0.4, 0.5) is 18.9 Å². The third-order valence-corrected chi connectivity index (χ3v) is 3.76. The van der Waals surface area contributed by atoms with Crippen molar-refractivity contribution in [1.29, 1.82) is 0 Å².